The van der Waals surface area contributed by atoms with E-state index in [1.807, 2.05) is 20.8 Å². The van der Waals surface area contributed by atoms with E-state index in [2.05, 4.69) is 5.32 Å². The third-order valence-electron chi connectivity index (χ3n) is 2.84. The van der Waals surface area contributed by atoms with E-state index in [1.54, 1.807) is 0 Å². The van der Waals surface area contributed by atoms with E-state index in [0.29, 0.717) is 18.4 Å². The number of alkyl carbamates (subject to hydrolysis) is 1. The maximum atomic E-state index is 11.4. The zero-order valence-corrected chi connectivity index (χ0v) is 10.5. The Balaban J connectivity index is 2.18. The first-order valence-electron chi connectivity index (χ1n) is 5.98. The topological polar surface area (TPSA) is 58.6 Å². The third-order valence-corrected chi connectivity index (χ3v) is 2.84. The summed E-state index contributed by atoms with van der Waals surface area (Å²) in [7, 11) is 0. The van der Waals surface area contributed by atoms with Gasteiger partial charge in [-0.1, -0.05) is 0 Å². The average molecular weight is 229 g/mol. The van der Waals surface area contributed by atoms with Crippen LogP contribution in [-0.4, -0.2) is 30.0 Å². The van der Waals surface area contributed by atoms with Gasteiger partial charge in [-0.2, -0.15) is 0 Å². The predicted octanol–water partition coefficient (Wildman–Crippen LogP) is 1.92. The van der Waals surface area contributed by atoms with Crippen LogP contribution in [0.15, 0.2) is 0 Å². The molecule has 0 bridgehead atoms. The highest BCUT2D eigenvalue weighted by Gasteiger charge is 2.25. The second-order valence-corrected chi connectivity index (χ2v) is 5.61. The van der Waals surface area contributed by atoms with Crippen molar-refractivity contribution in [2.45, 2.75) is 45.6 Å². The molecule has 94 valence electrons. The lowest BCUT2D eigenvalue weighted by Crippen LogP contribution is -2.34. The molecule has 1 saturated carbocycles. The summed E-state index contributed by atoms with van der Waals surface area (Å²) in [5.41, 5.74) is -0.437. The summed E-state index contributed by atoms with van der Waals surface area (Å²) >= 11 is 0. The summed E-state index contributed by atoms with van der Waals surface area (Å²) in [5.74, 6) is 0.912. The smallest absolute Gasteiger partial charge is 0.407 e. The second-order valence-electron chi connectivity index (χ2n) is 5.61. The number of hydrogen-bond acceptors (Lipinski definition) is 3. The molecular formula is C12H23NO3. The molecule has 0 heterocycles. The molecule has 2 N–H and O–H groups in total. The Labute approximate surface area is 97.4 Å². The highest BCUT2D eigenvalue weighted by atomic mass is 16.6. The molecule has 0 aromatic rings. The quantitative estimate of drug-likeness (QED) is 0.777. The van der Waals surface area contributed by atoms with Crippen LogP contribution in [0.3, 0.4) is 0 Å². The van der Waals surface area contributed by atoms with Gasteiger partial charge in [0.15, 0.2) is 0 Å². The summed E-state index contributed by atoms with van der Waals surface area (Å²) in [6, 6.07) is 0. The molecular weight excluding hydrogens is 206 g/mol. The fraction of sp³-hybridized carbons (Fsp3) is 0.917. The van der Waals surface area contributed by atoms with Gasteiger partial charge < -0.3 is 15.2 Å². The van der Waals surface area contributed by atoms with E-state index >= 15 is 0 Å². The molecule has 0 spiro atoms. The van der Waals surface area contributed by atoms with Crippen molar-refractivity contribution in [3.8, 4) is 0 Å². The number of rotatable bonds is 3. The van der Waals surface area contributed by atoms with E-state index in [-0.39, 0.29) is 12.7 Å². The Morgan fingerprint density at radius 3 is 2.50 bits per heavy atom. The zero-order valence-electron chi connectivity index (χ0n) is 10.5. The lowest BCUT2D eigenvalue weighted by Gasteiger charge is -2.20. The van der Waals surface area contributed by atoms with Crippen LogP contribution in [0, 0.1) is 11.8 Å². The molecule has 16 heavy (non-hydrogen) atoms. The van der Waals surface area contributed by atoms with Crippen LogP contribution in [0.4, 0.5) is 4.79 Å². The van der Waals surface area contributed by atoms with Crippen molar-refractivity contribution < 1.29 is 14.6 Å². The minimum absolute atomic E-state index is 0.267. The van der Waals surface area contributed by atoms with E-state index < -0.39 is 5.60 Å². The fourth-order valence-electron chi connectivity index (χ4n) is 2.07. The maximum Gasteiger partial charge on any atom is 0.407 e. The third kappa shape index (κ3) is 4.84. The number of carbonyl (C=O) groups is 1. The van der Waals surface area contributed by atoms with Gasteiger partial charge in [0.1, 0.15) is 5.60 Å². The molecule has 1 aliphatic rings. The molecule has 0 aromatic heterocycles. The number of nitrogens with one attached hydrogen (secondary N) is 1. The number of hydrogen-bond donors (Lipinski definition) is 2. The molecule has 4 heteroatoms. The molecule has 1 rings (SSSR count). The van der Waals surface area contributed by atoms with Gasteiger partial charge in [-0.05, 0) is 51.9 Å². The highest BCUT2D eigenvalue weighted by Crippen LogP contribution is 2.29. The monoisotopic (exact) mass is 229 g/mol. The van der Waals surface area contributed by atoms with Gasteiger partial charge in [0, 0.05) is 13.2 Å². The van der Waals surface area contributed by atoms with Crippen LogP contribution >= 0.6 is 0 Å². The van der Waals surface area contributed by atoms with Crippen LogP contribution in [0.1, 0.15) is 40.0 Å². The van der Waals surface area contributed by atoms with Crippen LogP contribution in [0.2, 0.25) is 0 Å². The molecule has 0 aliphatic heterocycles. The van der Waals surface area contributed by atoms with E-state index in [1.165, 1.54) is 0 Å². The summed E-state index contributed by atoms with van der Waals surface area (Å²) in [5, 5.41) is 11.8. The molecule has 0 radical (unpaired) electrons. The largest absolute Gasteiger partial charge is 0.444 e. The van der Waals surface area contributed by atoms with E-state index in [9.17, 15) is 4.79 Å². The van der Waals surface area contributed by atoms with Crippen molar-refractivity contribution in [2.75, 3.05) is 13.2 Å². The number of carbonyl (C=O) groups excluding carboxylic acids is 1. The molecule has 1 aliphatic carbocycles. The van der Waals surface area contributed by atoms with Crippen molar-refractivity contribution >= 4 is 6.09 Å². The highest BCUT2D eigenvalue weighted by molar-refractivity contribution is 5.67. The molecule has 2 unspecified atom stereocenters. The van der Waals surface area contributed by atoms with Gasteiger partial charge in [-0.15, -0.1) is 0 Å². The number of ether oxygens (including phenoxy) is 1. The van der Waals surface area contributed by atoms with Crippen LogP contribution in [0.5, 0.6) is 0 Å². The molecule has 1 fully saturated rings. The van der Waals surface area contributed by atoms with Crippen molar-refractivity contribution in [3.63, 3.8) is 0 Å². The zero-order chi connectivity index (χ0) is 12.2. The Morgan fingerprint density at radius 1 is 1.38 bits per heavy atom. The van der Waals surface area contributed by atoms with Crippen molar-refractivity contribution in [1.29, 1.82) is 0 Å². The molecule has 0 aromatic carbocycles. The van der Waals surface area contributed by atoms with Gasteiger partial charge >= 0.3 is 6.09 Å². The van der Waals surface area contributed by atoms with E-state index in [4.69, 9.17) is 9.84 Å². The predicted molar refractivity (Wildman–Crippen MR) is 62.2 cm³/mol. The summed E-state index contributed by atoms with van der Waals surface area (Å²) in [6.45, 7) is 6.48. The minimum atomic E-state index is -0.437. The van der Waals surface area contributed by atoms with Crippen LogP contribution < -0.4 is 5.32 Å². The lowest BCUT2D eigenvalue weighted by atomic mass is 10.1. The van der Waals surface area contributed by atoms with Gasteiger partial charge in [-0.3, -0.25) is 0 Å². The normalized spacial score (nSPS) is 25.5. The van der Waals surface area contributed by atoms with Gasteiger partial charge in [0.25, 0.3) is 0 Å². The number of aliphatic hydroxyl groups is 1. The van der Waals surface area contributed by atoms with Crippen molar-refractivity contribution in [2.24, 2.45) is 11.8 Å². The number of aliphatic hydroxyl groups excluding tert-OH is 1. The minimum Gasteiger partial charge on any atom is -0.444 e. The van der Waals surface area contributed by atoms with Gasteiger partial charge in [-0.25, -0.2) is 4.79 Å². The first-order chi connectivity index (χ1) is 7.40. The lowest BCUT2D eigenvalue weighted by molar-refractivity contribution is 0.0519. The average Bonchev–Trinajstić information content (AvgIpc) is 2.59. The fourth-order valence-corrected chi connectivity index (χ4v) is 2.07. The Hall–Kier alpha value is -0.770. The Morgan fingerprint density at radius 2 is 2.00 bits per heavy atom. The van der Waals surface area contributed by atoms with Gasteiger partial charge in [0.2, 0.25) is 0 Å². The van der Waals surface area contributed by atoms with Crippen LogP contribution in [-0.2, 0) is 4.74 Å². The van der Waals surface area contributed by atoms with Gasteiger partial charge in [0.05, 0.1) is 0 Å². The van der Waals surface area contributed by atoms with Crippen molar-refractivity contribution in [3.05, 3.63) is 0 Å². The Kier molecular flexibility index (Phi) is 4.59. The molecule has 4 nitrogen and oxygen atoms in total. The van der Waals surface area contributed by atoms with E-state index in [0.717, 1.165) is 19.3 Å². The maximum absolute atomic E-state index is 11.4. The first kappa shape index (κ1) is 13.3. The van der Waals surface area contributed by atoms with Crippen LogP contribution in [0.25, 0.3) is 0 Å². The number of amides is 1. The standard InChI is InChI=1S/C12H23NO3/c1-12(2,3)16-11(15)13-7-9-4-5-10(6-9)8-14/h9-10,14H,4-8H2,1-3H3,(H,13,15). The molecule has 2 atom stereocenters. The first-order valence-corrected chi connectivity index (χ1v) is 5.98. The molecule has 0 saturated heterocycles. The second kappa shape index (κ2) is 5.53. The summed E-state index contributed by atoms with van der Waals surface area (Å²) in [4.78, 5) is 11.4. The molecule has 1 amide bonds. The van der Waals surface area contributed by atoms with Crippen molar-refractivity contribution in [1.82, 2.24) is 5.32 Å². The summed E-state index contributed by atoms with van der Waals surface area (Å²) < 4.78 is 5.15. The summed E-state index contributed by atoms with van der Waals surface area (Å²) in [6.07, 6.45) is 2.81. The SMILES string of the molecule is CC(C)(C)OC(=O)NCC1CCC(CO)C1. The Bertz CT molecular complexity index is 235.